The van der Waals surface area contributed by atoms with E-state index in [0.717, 1.165) is 0 Å². The molecule has 1 aromatic heterocycles. The Hall–Kier alpha value is -2.38. The Kier molecular flexibility index (Phi) is 5.45. The third-order valence-corrected chi connectivity index (χ3v) is 3.08. The molecule has 116 valence electrons. The number of carbonyl (C=O) groups is 2. The van der Waals surface area contributed by atoms with Crippen LogP contribution < -0.4 is 5.32 Å². The van der Waals surface area contributed by atoms with Crippen molar-refractivity contribution in [2.45, 2.75) is 45.7 Å². The second-order valence-corrected chi connectivity index (χ2v) is 5.02. The van der Waals surface area contributed by atoms with E-state index in [1.165, 1.54) is 16.8 Å². The van der Waals surface area contributed by atoms with Crippen LogP contribution in [0.5, 0.6) is 0 Å². The molecule has 0 saturated heterocycles. The molecule has 8 nitrogen and oxygen atoms in total. The summed E-state index contributed by atoms with van der Waals surface area (Å²) in [4.78, 5) is 33.2. The van der Waals surface area contributed by atoms with Crippen molar-refractivity contribution >= 4 is 17.6 Å². The number of carboxylic acid groups (broad SMARTS) is 1. The van der Waals surface area contributed by atoms with Gasteiger partial charge >= 0.3 is 5.97 Å². The molecule has 21 heavy (non-hydrogen) atoms. The van der Waals surface area contributed by atoms with Crippen LogP contribution in [0.15, 0.2) is 12.3 Å². The Labute approximate surface area is 121 Å². The van der Waals surface area contributed by atoms with Crippen molar-refractivity contribution in [3.05, 3.63) is 28.1 Å². The maximum absolute atomic E-state index is 12.2. The van der Waals surface area contributed by atoms with Gasteiger partial charge in [0.05, 0.1) is 17.5 Å². The fourth-order valence-electron chi connectivity index (χ4n) is 1.94. The van der Waals surface area contributed by atoms with Crippen LogP contribution in [0.4, 0.5) is 5.69 Å². The van der Waals surface area contributed by atoms with E-state index in [0.29, 0.717) is 6.42 Å². The van der Waals surface area contributed by atoms with Gasteiger partial charge in [-0.25, -0.2) is 0 Å². The van der Waals surface area contributed by atoms with Gasteiger partial charge < -0.3 is 15.0 Å². The van der Waals surface area contributed by atoms with E-state index in [-0.39, 0.29) is 23.8 Å². The molecule has 1 heterocycles. The fourth-order valence-corrected chi connectivity index (χ4v) is 1.94. The number of nitro groups is 1. The quantitative estimate of drug-likeness (QED) is 0.589. The van der Waals surface area contributed by atoms with Crippen molar-refractivity contribution in [1.29, 1.82) is 0 Å². The molecule has 1 atom stereocenters. The average Bonchev–Trinajstić information content (AvgIpc) is 2.82. The third-order valence-electron chi connectivity index (χ3n) is 3.08. The van der Waals surface area contributed by atoms with Gasteiger partial charge in [0.25, 0.3) is 11.6 Å². The number of nitrogens with one attached hydrogen (secondary N) is 1. The van der Waals surface area contributed by atoms with Crippen LogP contribution in [0.1, 0.15) is 50.1 Å². The Morgan fingerprint density at radius 3 is 2.52 bits per heavy atom. The fraction of sp³-hybridized carbons (Fsp3) is 0.538. The van der Waals surface area contributed by atoms with Crippen LogP contribution in [-0.4, -0.2) is 32.5 Å². The number of hydrogen-bond acceptors (Lipinski definition) is 4. The summed E-state index contributed by atoms with van der Waals surface area (Å²) in [5.41, 5.74) is -0.0133. The zero-order valence-corrected chi connectivity index (χ0v) is 12.2. The highest BCUT2D eigenvalue weighted by Gasteiger charge is 2.23. The molecule has 0 aliphatic carbocycles. The first kappa shape index (κ1) is 16.7. The Balaban J connectivity index is 3.00. The van der Waals surface area contributed by atoms with E-state index >= 15 is 0 Å². The van der Waals surface area contributed by atoms with Crippen LogP contribution in [0, 0.1) is 10.1 Å². The Morgan fingerprint density at radius 2 is 2.10 bits per heavy atom. The monoisotopic (exact) mass is 297 g/mol. The third kappa shape index (κ3) is 4.30. The molecule has 0 aromatic carbocycles. The number of aromatic nitrogens is 1. The highest BCUT2D eigenvalue weighted by molar-refractivity contribution is 5.94. The molecule has 0 aliphatic rings. The molecule has 1 amide bonds. The first-order chi connectivity index (χ1) is 9.76. The van der Waals surface area contributed by atoms with Gasteiger partial charge in [0.1, 0.15) is 5.69 Å². The zero-order chi connectivity index (χ0) is 16.2. The SMILES string of the molecule is CCC(CC(=O)O)NC(=O)c1cc([N+](=O)[O-])cn1C(C)C. The second-order valence-electron chi connectivity index (χ2n) is 5.02. The molecule has 0 aliphatic heterocycles. The van der Waals surface area contributed by atoms with Crippen molar-refractivity contribution in [3.8, 4) is 0 Å². The van der Waals surface area contributed by atoms with E-state index in [4.69, 9.17) is 5.11 Å². The molecule has 1 unspecified atom stereocenters. The highest BCUT2D eigenvalue weighted by atomic mass is 16.6. The maximum Gasteiger partial charge on any atom is 0.305 e. The molecule has 0 fully saturated rings. The van der Waals surface area contributed by atoms with Crippen LogP contribution >= 0.6 is 0 Å². The van der Waals surface area contributed by atoms with Crippen molar-refractivity contribution in [3.63, 3.8) is 0 Å². The van der Waals surface area contributed by atoms with E-state index in [1.807, 2.05) is 0 Å². The highest BCUT2D eigenvalue weighted by Crippen LogP contribution is 2.21. The van der Waals surface area contributed by atoms with Gasteiger partial charge in [0, 0.05) is 18.2 Å². The lowest BCUT2D eigenvalue weighted by molar-refractivity contribution is -0.384. The molecular weight excluding hydrogens is 278 g/mol. The number of amides is 1. The van der Waals surface area contributed by atoms with Crippen molar-refractivity contribution in [2.75, 3.05) is 0 Å². The lowest BCUT2D eigenvalue weighted by Crippen LogP contribution is -2.37. The molecule has 1 rings (SSSR count). The van der Waals surface area contributed by atoms with Gasteiger partial charge in [-0.2, -0.15) is 0 Å². The summed E-state index contributed by atoms with van der Waals surface area (Å²) in [7, 11) is 0. The lowest BCUT2D eigenvalue weighted by Gasteiger charge is -2.17. The van der Waals surface area contributed by atoms with E-state index in [9.17, 15) is 19.7 Å². The van der Waals surface area contributed by atoms with Crippen LogP contribution in [0.3, 0.4) is 0 Å². The summed E-state index contributed by atoms with van der Waals surface area (Å²) >= 11 is 0. The molecule has 0 saturated carbocycles. The van der Waals surface area contributed by atoms with E-state index in [2.05, 4.69) is 5.32 Å². The van der Waals surface area contributed by atoms with Crippen molar-refractivity contribution in [1.82, 2.24) is 9.88 Å². The Morgan fingerprint density at radius 1 is 1.48 bits per heavy atom. The summed E-state index contributed by atoms with van der Waals surface area (Å²) in [6.07, 6.45) is 1.58. The largest absolute Gasteiger partial charge is 0.481 e. The number of hydrogen-bond donors (Lipinski definition) is 2. The molecular formula is C13H19N3O5. The van der Waals surface area contributed by atoms with E-state index < -0.39 is 22.8 Å². The first-order valence-corrected chi connectivity index (χ1v) is 6.65. The smallest absolute Gasteiger partial charge is 0.305 e. The predicted octanol–water partition coefficient (Wildman–Crippen LogP) is 1.96. The molecule has 0 radical (unpaired) electrons. The Bertz CT molecular complexity index is 550. The first-order valence-electron chi connectivity index (χ1n) is 6.65. The molecule has 2 N–H and O–H groups in total. The number of aliphatic carboxylic acids is 1. The van der Waals surface area contributed by atoms with Crippen molar-refractivity contribution in [2.24, 2.45) is 0 Å². The summed E-state index contributed by atoms with van der Waals surface area (Å²) in [5, 5.41) is 22.2. The van der Waals surface area contributed by atoms with Gasteiger partial charge in [0.15, 0.2) is 0 Å². The molecule has 8 heteroatoms. The van der Waals surface area contributed by atoms with Gasteiger partial charge in [-0.3, -0.25) is 19.7 Å². The summed E-state index contributed by atoms with van der Waals surface area (Å²) in [6, 6.07) is 0.562. The predicted molar refractivity (Wildman–Crippen MR) is 75.3 cm³/mol. The minimum Gasteiger partial charge on any atom is -0.481 e. The molecule has 0 bridgehead atoms. The van der Waals surface area contributed by atoms with Gasteiger partial charge in [-0.15, -0.1) is 0 Å². The maximum atomic E-state index is 12.2. The van der Waals surface area contributed by atoms with Crippen LogP contribution in [0.2, 0.25) is 0 Å². The minimum atomic E-state index is -1.01. The summed E-state index contributed by atoms with van der Waals surface area (Å²) in [5.74, 6) is -1.52. The molecule has 1 aromatic rings. The summed E-state index contributed by atoms with van der Waals surface area (Å²) in [6.45, 7) is 5.36. The van der Waals surface area contributed by atoms with Crippen LogP contribution in [0.25, 0.3) is 0 Å². The zero-order valence-electron chi connectivity index (χ0n) is 12.2. The van der Waals surface area contributed by atoms with Gasteiger partial charge in [-0.1, -0.05) is 6.92 Å². The number of nitrogens with zero attached hydrogens (tertiary/aromatic N) is 2. The topological polar surface area (TPSA) is 114 Å². The van der Waals surface area contributed by atoms with Gasteiger partial charge in [-0.05, 0) is 20.3 Å². The number of rotatable bonds is 7. The van der Waals surface area contributed by atoms with Gasteiger partial charge in [0.2, 0.25) is 0 Å². The molecule has 0 spiro atoms. The number of carbonyl (C=O) groups excluding carboxylic acids is 1. The standard InChI is InChI=1S/C13H19N3O5/c1-4-9(5-12(17)18)14-13(19)11-6-10(16(20)21)7-15(11)8(2)3/h6-9H,4-5H2,1-3H3,(H,14,19)(H,17,18). The minimum absolute atomic E-state index is 0.126. The lowest BCUT2D eigenvalue weighted by atomic mass is 10.1. The number of carboxylic acids is 1. The summed E-state index contributed by atoms with van der Waals surface area (Å²) < 4.78 is 1.50. The average molecular weight is 297 g/mol. The van der Waals surface area contributed by atoms with Crippen molar-refractivity contribution < 1.29 is 19.6 Å². The normalized spacial score (nSPS) is 12.2. The van der Waals surface area contributed by atoms with Crippen LogP contribution in [-0.2, 0) is 4.79 Å². The second kappa shape index (κ2) is 6.87. The van der Waals surface area contributed by atoms with E-state index in [1.54, 1.807) is 20.8 Å².